The van der Waals surface area contributed by atoms with Gasteiger partial charge in [-0.25, -0.2) is 0 Å². The third-order valence-electron chi connectivity index (χ3n) is 5.81. The number of hydrogen-bond donors (Lipinski definition) is 4. The van der Waals surface area contributed by atoms with E-state index in [0.717, 1.165) is 25.7 Å². The van der Waals surface area contributed by atoms with Gasteiger partial charge in [-0.15, -0.1) is 0 Å². The van der Waals surface area contributed by atoms with Crippen LogP contribution in [0.3, 0.4) is 0 Å². The zero-order valence-corrected chi connectivity index (χ0v) is 18.9. The molecule has 176 valence electrons. The molecule has 0 amide bonds. The molecule has 1 aliphatic rings. The van der Waals surface area contributed by atoms with Crippen molar-refractivity contribution in [2.45, 2.75) is 51.2 Å². The second-order valence-electron chi connectivity index (χ2n) is 8.34. The molecule has 34 heavy (non-hydrogen) atoms. The number of aromatic nitrogens is 3. The number of anilines is 4. The summed E-state index contributed by atoms with van der Waals surface area (Å²) in [6.45, 7) is 0.247. The summed E-state index contributed by atoms with van der Waals surface area (Å²) in [6, 6.07) is 6.14. The second kappa shape index (κ2) is 10.1. The lowest BCUT2D eigenvalue weighted by molar-refractivity contribution is 0.126. The second-order valence-corrected chi connectivity index (χ2v) is 8.34. The van der Waals surface area contributed by atoms with Crippen molar-refractivity contribution < 1.29 is 14.7 Å². The van der Waals surface area contributed by atoms with Crippen LogP contribution in [0.15, 0.2) is 66.7 Å². The first-order valence-corrected chi connectivity index (χ1v) is 11.5. The fourth-order valence-electron chi connectivity index (χ4n) is 4.15. The molecule has 0 radical (unpaired) electrons. The maximum Gasteiger partial charge on any atom is 0.231 e. The molecule has 4 N–H and O–H groups in total. The normalized spacial score (nSPS) is 21.4. The Morgan fingerprint density at radius 3 is 2.65 bits per heavy atom. The zero-order chi connectivity index (χ0) is 29.5. The van der Waals surface area contributed by atoms with Gasteiger partial charge < -0.3 is 25.6 Å². The summed E-state index contributed by atoms with van der Waals surface area (Å²) in [4.78, 5) is 9.20. The SMILES string of the molecule is [2H]c1c([2H])c([2H])c(C([2H])([2H])n2ccc3cc(Nc4nc(NCC)cc(NC5CCC(O)CC5)n4)ccc32)c([2H])c1[2H]. The summed E-state index contributed by atoms with van der Waals surface area (Å²) in [6.07, 6.45) is 4.47. The molecular weight excluding hydrogens is 424 g/mol. The molecule has 0 aliphatic heterocycles. The van der Waals surface area contributed by atoms with E-state index < -0.39 is 42.3 Å². The van der Waals surface area contributed by atoms with Crippen molar-refractivity contribution >= 4 is 34.2 Å². The molecule has 1 aliphatic carbocycles. The topological polar surface area (TPSA) is 87.0 Å². The van der Waals surface area contributed by atoms with Gasteiger partial charge in [0.1, 0.15) is 11.6 Å². The van der Waals surface area contributed by atoms with E-state index in [1.807, 2.05) is 19.1 Å². The predicted octanol–water partition coefficient (Wildman–Crippen LogP) is 5.37. The van der Waals surface area contributed by atoms with Crippen LogP contribution in [0.2, 0.25) is 0 Å². The van der Waals surface area contributed by atoms with Gasteiger partial charge in [0.15, 0.2) is 0 Å². The van der Waals surface area contributed by atoms with Crippen LogP contribution in [0.5, 0.6) is 0 Å². The van der Waals surface area contributed by atoms with Gasteiger partial charge in [-0.05, 0) is 62.4 Å². The number of nitrogens with one attached hydrogen (secondary N) is 3. The van der Waals surface area contributed by atoms with Crippen LogP contribution in [0.1, 0.15) is 47.8 Å². The number of rotatable bonds is 8. The molecule has 1 fully saturated rings. The molecule has 7 heteroatoms. The van der Waals surface area contributed by atoms with E-state index in [4.69, 9.17) is 9.60 Å². The first-order valence-electron chi connectivity index (χ1n) is 15.0. The Morgan fingerprint density at radius 2 is 1.85 bits per heavy atom. The van der Waals surface area contributed by atoms with Crippen molar-refractivity contribution in [3.63, 3.8) is 0 Å². The average Bonchev–Trinajstić information content (AvgIpc) is 3.36. The maximum atomic E-state index is 9.82. The summed E-state index contributed by atoms with van der Waals surface area (Å²) >= 11 is 0. The van der Waals surface area contributed by atoms with E-state index in [1.54, 1.807) is 18.2 Å². The number of hydrogen-bond acceptors (Lipinski definition) is 6. The van der Waals surface area contributed by atoms with Crippen molar-refractivity contribution in [1.29, 1.82) is 0 Å². The molecule has 1 saturated carbocycles. The van der Waals surface area contributed by atoms with Crippen LogP contribution in [-0.2, 0) is 6.50 Å². The Bertz CT molecular complexity index is 1560. The third-order valence-corrected chi connectivity index (χ3v) is 5.81. The van der Waals surface area contributed by atoms with Crippen LogP contribution >= 0.6 is 0 Å². The Balaban J connectivity index is 1.44. The molecule has 0 spiro atoms. The van der Waals surface area contributed by atoms with E-state index >= 15 is 0 Å². The summed E-state index contributed by atoms with van der Waals surface area (Å²) in [7, 11) is 0. The number of fused-ring (bicyclic) bond motifs is 1. The predicted molar refractivity (Wildman–Crippen MR) is 139 cm³/mol. The molecule has 7 nitrogen and oxygen atoms in total. The molecule has 0 saturated heterocycles. The van der Waals surface area contributed by atoms with Crippen LogP contribution in [0, 0.1) is 0 Å². The van der Waals surface area contributed by atoms with Crippen molar-refractivity contribution in [2.75, 3.05) is 22.5 Å². The van der Waals surface area contributed by atoms with Crippen LogP contribution in [0.25, 0.3) is 10.9 Å². The summed E-state index contributed by atoms with van der Waals surface area (Å²) in [5, 5.41) is 20.4. The first-order chi connectivity index (χ1) is 19.5. The molecule has 2 aromatic heterocycles. The van der Waals surface area contributed by atoms with Gasteiger partial charge in [0.2, 0.25) is 5.95 Å². The third kappa shape index (κ3) is 5.31. The number of nitrogens with zero attached hydrogens (tertiary/aromatic N) is 3. The molecule has 4 aromatic rings. The van der Waals surface area contributed by atoms with Gasteiger partial charge in [-0.1, -0.05) is 30.2 Å². The zero-order valence-electron chi connectivity index (χ0n) is 25.9. The highest BCUT2D eigenvalue weighted by molar-refractivity contribution is 5.84. The van der Waals surface area contributed by atoms with E-state index in [1.165, 1.54) is 10.8 Å². The van der Waals surface area contributed by atoms with Crippen molar-refractivity contribution in [3.05, 3.63) is 72.3 Å². The average molecular weight is 464 g/mol. The summed E-state index contributed by atoms with van der Waals surface area (Å²) in [5.41, 5.74) is 0.722. The largest absolute Gasteiger partial charge is 0.393 e. The van der Waals surface area contributed by atoms with Gasteiger partial charge in [-0.2, -0.15) is 9.97 Å². The summed E-state index contributed by atoms with van der Waals surface area (Å²) < 4.78 is 59.1. The Labute approximate surface area is 210 Å². The number of aliphatic hydroxyl groups is 1. The van der Waals surface area contributed by atoms with Gasteiger partial charge >= 0.3 is 0 Å². The van der Waals surface area contributed by atoms with Crippen LogP contribution in [-0.4, -0.2) is 38.3 Å². The quantitative estimate of drug-likeness (QED) is 0.281. The molecule has 2 heterocycles. The van der Waals surface area contributed by atoms with E-state index in [0.29, 0.717) is 40.7 Å². The molecule has 5 rings (SSSR count). The Morgan fingerprint density at radius 1 is 1.06 bits per heavy atom. The first kappa shape index (κ1) is 15.3. The minimum absolute atomic E-state index is 0.213. The van der Waals surface area contributed by atoms with Crippen LogP contribution in [0.4, 0.5) is 23.3 Å². The van der Waals surface area contributed by atoms with Gasteiger partial charge in [0, 0.05) is 47.9 Å². The smallest absolute Gasteiger partial charge is 0.231 e. The highest BCUT2D eigenvalue weighted by atomic mass is 16.3. The minimum Gasteiger partial charge on any atom is -0.393 e. The maximum absolute atomic E-state index is 9.82. The Hall–Kier alpha value is -3.58. The highest BCUT2D eigenvalue weighted by Gasteiger charge is 2.20. The molecular formula is C27H32N6O. The molecule has 0 atom stereocenters. The Kier molecular flexibility index (Phi) is 4.57. The molecule has 2 aromatic carbocycles. The highest BCUT2D eigenvalue weighted by Crippen LogP contribution is 2.26. The summed E-state index contributed by atoms with van der Waals surface area (Å²) in [5.74, 6) is 1.69. The fourth-order valence-corrected chi connectivity index (χ4v) is 4.15. The monoisotopic (exact) mass is 463 g/mol. The van der Waals surface area contributed by atoms with Gasteiger partial charge in [-0.3, -0.25) is 0 Å². The lowest BCUT2D eigenvalue weighted by Crippen LogP contribution is -2.28. The van der Waals surface area contributed by atoms with Gasteiger partial charge in [0.25, 0.3) is 0 Å². The van der Waals surface area contributed by atoms with E-state index in [2.05, 4.69) is 25.9 Å². The molecule has 0 unspecified atom stereocenters. The van der Waals surface area contributed by atoms with Crippen molar-refractivity contribution in [1.82, 2.24) is 14.5 Å². The van der Waals surface area contributed by atoms with Crippen molar-refractivity contribution in [3.8, 4) is 0 Å². The van der Waals surface area contributed by atoms with Gasteiger partial charge in [0.05, 0.1) is 15.7 Å². The number of benzene rings is 2. The minimum atomic E-state index is -2.41. The lowest BCUT2D eigenvalue weighted by Gasteiger charge is -2.26. The lowest BCUT2D eigenvalue weighted by atomic mass is 9.93. The van der Waals surface area contributed by atoms with Crippen molar-refractivity contribution in [2.24, 2.45) is 0 Å². The number of aliphatic hydroxyl groups excluding tert-OH is 1. The molecule has 0 bridgehead atoms. The van der Waals surface area contributed by atoms with E-state index in [9.17, 15) is 5.11 Å². The van der Waals surface area contributed by atoms with Crippen LogP contribution < -0.4 is 16.0 Å². The van der Waals surface area contributed by atoms with E-state index in [-0.39, 0.29) is 12.1 Å². The fraction of sp³-hybridized carbons (Fsp3) is 0.333. The standard InChI is InChI=1S/C27H32N6O/c1-2-28-25-17-26(29-21-8-11-23(34)12-9-21)32-27(31-25)30-22-10-13-24-20(16-22)14-15-33(24)18-19-6-4-3-5-7-19/h3-7,10,13-17,21,23,34H,2,8-9,11-12,18H2,1H3,(H3,28,29,30,31,32)/i3D,4D,5D,6D,7D,18D2.